The van der Waals surface area contributed by atoms with E-state index in [1.54, 1.807) is 18.3 Å². The van der Waals surface area contributed by atoms with E-state index in [4.69, 9.17) is 0 Å². The Morgan fingerprint density at radius 2 is 1.86 bits per heavy atom. The van der Waals surface area contributed by atoms with Crippen molar-refractivity contribution in [3.05, 3.63) is 89.9 Å². The number of aromatic carboxylic acids is 1. The second-order valence-electron chi connectivity index (χ2n) is 6.45. The molecule has 0 saturated heterocycles. The van der Waals surface area contributed by atoms with Gasteiger partial charge in [0.15, 0.2) is 5.65 Å². The van der Waals surface area contributed by atoms with Crippen LogP contribution in [-0.2, 0) is 6.54 Å². The van der Waals surface area contributed by atoms with E-state index in [-0.39, 0.29) is 0 Å². The third-order valence-electron chi connectivity index (χ3n) is 4.61. The van der Waals surface area contributed by atoms with Crippen LogP contribution in [0.15, 0.2) is 72.9 Å². The number of fused-ring (bicyclic) bond motifs is 1. The second-order valence-corrected chi connectivity index (χ2v) is 6.45. The number of carboxylic acids is 1. The highest BCUT2D eigenvalue weighted by molar-refractivity contribution is 5.96. The first kappa shape index (κ1) is 17.7. The summed E-state index contributed by atoms with van der Waals surface area (Å²) in [5.74, 6) is -0.0665. The number of imidazole rings is 1. The van der Waals surface area contributed by atoms with Crippen LogP contribution in [0.5, 0.6) is 0 Å². The molecule has 138 valence electrons. The predicted octanol–water partition coefficient (Wildman–Crippen LogP) is 4.88. The van der Waals surface area contributed by atoms with Gasteiger partial charge in [-0.05, 0) is 47.9 Å². The minimum atomic E-state index is -0.924. The Morgan fingerprint density at radius 3 is 2.61 bits per heavy atom. The standard InChI is InChI=1S/C23H19N3O2/c1-2-6-21-25-20-9-5-14-24-22(20)26(21)15-16-10-12-17(13-11-16)18-7-3-4-8-19(18)23(27)28/h2-14H,15H2,1H3,(H,27,28)/b6-2+. The minimum Gasteiger partial charge on any atom is -0.478 e. The molecule has 0 aliphatic rings. The van der Waals surface area contributed by atoms with Crippen molar-refractivity contribution >= 4 is 23.2 Å². The summed E-state index contributed by atoms with van der Waals surface area (Å²) in [5.41, 5.74) is 4.69. The Hall–Kier alpha value is -3.73. The molecule has 0 amide bonds. The number of rotatable bonds is 5. The van der Waals surface area contributed by atoms with Gasteiger partial charge < -0.3 is 9.67 Å². The molecule has 2 aromatic carbocycles. The molecule has 5 heteroatoms. The zero-order chi connectivity index (χ0) is 19.5. The number of carbonyl (C=O) groups is 1. The third kappa shape index (κ3) is 3.30. The minimum absolute atomic E-state index is 0.301. The van der Waals surface area contributed by atoms with Gasteiger partial charge in [-0.1, -0.05) is 48.5 Å². The monoisotopic (exact) mass is 369 g/mol. The van der Waals surface area contributed by atoms with Gasteiger partial charge in [-0.15, -0.1) is 0 Å². The van der Waals surface area contributed by atoms with Gasteiger partial charge in [0.25, 0.3) is 0 Å². The lowest BCUT2D eigenvalue weighted by atomic mass is 9.99. The van der Waals surface area contributed by atoms with Crippen molar-refractivity contribution in [2.75, 3.05) is 0 Å². The van der Waals surface area contributed by atoms with E-state index in [0.717, 1.165) is 28.1 Å². The Bertz CT molecular complexity index is 1170. The number of hydrogen-bond donors (Lipinski definition) is 1. The van der Waals surface area contributed by atoms with E-state index in [2.05, 4.69) is 14.5 Å². The van der Waals surface area contributed by atoms with Crippen LogP contribution in [0.1, 0.15) is 28.7 Å². The van der Waals surface area contributed by atoms with Crippen LogP contribution < -0.4 is 0 Å². The molecule has 4 aromatic rings. The van der Waals surface area contributed by atoms with Crippen molar-refractivity contribution in [2.45, 2.75) is 13.5 Å². The lowest BCUT2D eigenvalue weighted by molar-refractivity contribution is 0.0697. The molecule has 0 radical (unpaired) electrons. The van der Waals surface area contributed by atoms with Crippen LogP contribution in [0.4, 0.5) is 0 Å². The molecule has 4 rings (SSSR count). The maximum Gasteiger partial charge on any atom is 0.336 e. The zero-order valence-electron chi connectivity index (χ0n) is 15.4. The Morgan fingerprint density at radius 1 is 1.07 bits per heavy atom. The van der Waals surface area contributed by atoms with Gasteiger partial charge in [-0.2, -0.15) is 0 Å². The average Bonchev–Trinajstić information content (AvgIpc) is 3.06. The summed E-state index contributed by atoms with van der Waals surface area (Å²) in [6.45, 7) is 2.60. The molecule has 5 nitrogen and oxygen atoms in total. The molecule has 1 N–H and O–H groups in total. The Balaban J connectivity index is 1.69. The molecule has 0 atom stereocenters. The smallest absolute Gasteiger partial charge is 0.336 e. The average molecular weight is 369 g/mol. The van der Waals surface area contributed by atoms with Crippen LogP contribution in [0.25, 0.3) is 28.4 Å². The molecule has 0 bridgehead atoms. The number of nitrogens with zero attached hydrogens (tertiary/aromatic N) is 3. The van der Waals surface area contributed by atoms with Crippen LogP contribution >= 0.6 is 0 Å². The van der Waals surface area contributed by atoms with Crippen LogP contribution in [0.3, 0.4) is 0 Å². The van der Waals surface area contributed by atoms with Gasteiger partial charge in [0.05, 0.1) is 12.1 Å². The molecule has 0 aliphatic carbocycles. The summed E-state index contributed by atoms with van der Waals surface area (Å²) in [5, 5.41) is 9.41. The van der Waals surface area contributed by atoms with Crippen molar-refractivity contribution in [2.24, 2.45) is 0 Å². The number of hydrogen-bond acceptors (Lipinski definition) is 3. The van der Waals surface area contributed by atoms with Crippen molar-refractivity contribution in [3.8, 4) is 11.1 Å². The SMILES string of the molecule is C/C=C/c1nc2cccnc2n1Cc1ccc(-c2ccccc2C(=O)O)cc1. The highest BCUT2D eigenvalue weighted by atomic mass is 16.4. The molecule has 2 heterocycles. The largest absolute Gasteiger partial charge is 0.478 e. The lowest BCUT2D eigenvalue weighted by Gasteiger charge is -2.09. The van der Waals surface area contributed by atoms with E-state index in [9.17, 15) is 9.90 Å². The van der Waals surface area contributed by atoms with Crippen molar-refractivity contribution in [3.63, 3.8) is 0 Å². The summed E-state index contributed by atoms with van der Waals surface area (Å²) >= 11 is 0. The lowest BCUT2D eigenvalue weighted by Crippen LogP contribution is -2.03. The highest BCUT2D eigenvalue weighted by Gasteiger charge is 2.12. The van der Waals surface area contributed by atoms with Gasteiger partial charge in [0.2, 0.25) is 0 Å². The Kier molecular flexibility index (Phi) is 4.72. The van der Waals surface area contributed by atoms with Gasteiger partial charge in [-0.25, -0.2) is 14.8 Å². The van der Waals surface area contributed by atoms with Crippen LogP contribution in [-0.4, -0.2) is 25.6 Å². The summed E-state index contributed by atoms with van der Waals surface area (Å²) in [4.78, 5) is 20.6. The van der Waals surface area contributed by atoms with Gasteiger partial charge >= 0.3 is 5.97 Å². The van der Waals surface area contributed by atoms with Crippen molar-refractivity contribution < 1.29 is 9.90 Å². The summed E-state index contributed by atoms with van der Waals surface area (Å²) in [6.07, 6.45) is 5.70. The van der Waals surface area contributed by atoms with Crippen LogP contribution in [0, 0.1) is 0 Å². The van der Waals surface area contributed by atoms with Crippen molar-refractivity contribution in [1.29, 1.82) is 0 Å². The first-order chi connectivity index (χ1) is 13.7. The number of carboxylic acid groups (broad SMARTS) is 1. The van der Waals surface area contributed by atoms with Crippen LogP contribution in [0.2, 0.25) is 0 Å². The molecule has 0 fully saturated rings. The fourth-order valence-corrected chi connectivity index (χ4v) is 3.30. The number of aromatic nitrogens is 3. The summed E-state index contributed by atoms with van der Waals surface area (Å²) in [7, 11) is 0. The molecule has 0 aliphatic heterocycles. The van der Waals surface area contributed by atoms with E-state index < -0.39 is 5.97 Å². The maximum absolute atomic E-state index is 11.5. The zero-order valence-corrected chi connectivity index (χ0v) is 15.4. The first-order valence-corrected chi connectivity index (χ1v) is 9.03. The molecule has 0 unspecified atom stereocenters. The molecule has 2 aromatic heterocycles. The van der Waals surface area contributed by atoms with E-state index in [0.29, 0.717) is 17.7 Å². The quantitative estimate of drug-likeness (QED) is 0.544. The number of benzene rings is 2. The van der Waals surface area contributed by atoms with Crippen molar-refractivity contribution in [1.82, 2.24) is 14.5 Å². The van der Waals surface area contributed by atoms with Gasteiger partial charge in [0, 0.05) is 6.20 Å². The van der Waals surface area contributed by atoms with E-state index in [1.807, 2.05) is 67.6 Å². The number of allylic oxidation sites excluding steroid dienone is 1. The normalized spacial score (nSPS) is 11.3. The summed E-state index contributed by atoms with van der Waals surface area (Å²) in [6, 6.07) is 18.8. The second kappa shape index (κ2) is 7.48. The third-order valence-corrected chi connectivity index (χ3v) is 4.61. The molecular formula is C23H19N3O2. The molecule has 0 spiro atoms. The predicted molar refractivity (Wildman–Crippen MR) is 110 cm³/mol. The summed E-state index contributed by atoms with van der Waals surface area (Å²) < 4.78 is 2.08. The van der Waals surface area contributed by atoms with E-state index >= 15 is 0 Å². The topological polar surface area (TPSA) is 68.0 Å². The molecule has 28 heavy (non-hydrogen) atoms. The fourth-order valence-electron chi connectivity index (χ4n) is 3.30. The van der Waals surface area contributed by atoms with Gasteiger partial charge in [-0.3, -0.25) is 0 Å². The fraction of sp³-hybridized carbons (Fsp3) is 0.0870. The first-order valence-electron chi connectivity index (χ1n) is 9.03. The maximum atomic E-state index is 11.5. The highest BCUT2D eigenvalue weighted by Crippen LogP contribution is 2.25. The van der Waals surface area contributed by atoms with E-state index in [1.165, 1.54) is 0 Å². The number of pyridine rings is 1. The Labute approximate surface area is 162 Å². The molecule has 0 saturated carbocycles. The molecular weight excluding hydrogens is 350 g/mol. The van der Waals surface area contributed by atoms with Gasteiger partial charge in [0.1, 0.15) is 11.3 Å².